The molecule has 134 valence electrons. The topological polar surface area (TPSA) is 95.8 Å². The second-order valence-corrected chi connectivity index (χ2v) is 7.43. The van der Waals surface area contributed by atoms with Crippen molar-refractivity contribution in [2.75, 3.05) is 10.6 Å². The Kier molecular flexibility index (Phi) is 5.61. The monoisotopic (exact) mass is 410 g/mol. The van der Waals surface area contributed by atoms with Crippen molar-refractivity contribution in [1.82, 2.24) is 19.9 Å². The van der Waals surface area contributed by atoms with Crippen LogP contribution in [-0.2, 0) is 10.3 Å². The van der Waals surface area contributed by atoms with Gasteiger partial charge >= 0.3 is 0 Å². The Morgan fingerprint density at radius 1 is 0.923 bits per heavy atom. The normalized spacial score (nSPS) is 11.2. The van der Waals surface area contributed by atoms with E-state index < -0.39 is 3.79 Å². The molecule has 0 unspecified atom stereocenters. The third-order valence-electron chi connectivity index (χ3n) is 3.17. The fraction of sp³-hybridized carbons (Fsp3) is 0.125. The highest BCUT2D eigenvalue weighted by molar-refractivity contribution is 6.66. The van der Waals surface area contributed by atoms with Gasteiger partial charge in [-0.25, -0.2) is 0 Å². The molecule has 3 aromatic rings. The molecule has 0 atom stereocenters. The fourth-order valence-electron chi connectivity index (χ4n) is 1.98. The van der Waals surface area contributed by atoms with Crippen molar-refractivity contribution in [1.29, 1.82) is 0 Å². The highest BCUT2D eigenvalue weighted by Gasteiger charge is 2.28. The summed E-state index contributed by atoms with van der Waals surface area (Å²) in [7, 11) is 0. The van der Waals surface area contributed by atoms with Crippen LogP contribution in [0.5, 0.6) is 5.75 Å². The van der Waals surface area contributed by atoms with E-state index in [1.807, 2.05) is 18.2 Å². The Hall–Kier alpha value is -2.35. The second-order valence-electron chi connectivity index (χ2n) is 5.15. The van der Waals surface area contributed by atoms with E-state index in [1.165, 1.54) is 12.1 Å². The molecular weight excluding hydrogens is 399 g/mol. The summed E-state index contributed by atoms with van der Waals surface area (Å²) < 4.78 is -1.81. The van der Waals surface area contributed by atoms with Crippen LogP contribution in [0.3, 0.4) is 0 Å². The van der Waals surface area contributed by atoms with Gasteiger partial charge < -0.3 is 15.7 Å². The number of alkyl halides is 3. The molecule has 0 spiro atoms. The molecule has 26 heavy (non-hydrogen) atoms. The summed E-state index contributed by atoms with van der Waals surface area (Å²) in [5.74, 6) is 0.539. The fourth-order valence-corrected chi connectivity index (χ4v) is 2.24. The average molecular weight is 412 g/mol. The van der Waals surface area contributed by atoms with Crippen molar-refractivity contribution in [3.8, 4) is 5.75 Å². The van der Waals surface area contributed by atoms with Crippen LogP contribution >= 0.6 is 34.8 Å². The summed E-state index contributed by atoms with van der Waals surface area (Å²) in [5, 5.41) is 15.4. The van der Waals surface area contributed by atoms with Gasteiger partial charge in [0.25, 0.3) is 0 Å². The van der Waals surface area contributed by atoms with E-state index in [0.717, 1.165) is 5.69 Å². The molecule has 0 bridgehead atoms. The predicted molar refractivity (Wildman–Crippen MR) is 102 cm³/mol. The Labute approximate surface area is 164 Å². The van der Waals surface area contributed by atoms with E-state index in [4.69, 9.17) is 34.8 Å². The molecule has 0 radical (unpaired) electrons. The maximum atomic E-state index is 9.36. The second kappa shape index (κ2) is 7.90. The van der Waals surface area contributed by atoms with E-state index in [0.29, 0.717) is 12.2 Å². The Bertz CT molecular complexity index is 871. The van der Waals surface area contributed by atoms with E-state index in [-0.39, 0.29) is 23.5 Å². The SMILES string of the molecule is Oc1ccc(Nc2nc(NCc3ccccn3)nc(C(Cl)(Cl)Cl)n2)cc1. The number of pyridine rings is 1. The van der Waals surface area contributed by atoms with Crippen LogP contribution in [0, 0.1) is 0 Å². The third-order valence-corrected chi connectivity index (χ3v) is 3.67. The van der Waals surface area contributed by atoms with Gasteiger partial charge in [0.2, 0.25) is 15.7 Å². The van der Waals surface area contributed by atoms with Gasteiger partial charge in [0, 0.05) is 11.9 Å². The zero-order chi connectivity index (χ0) is 18.6. The number of phenolic OH excluding ortho intramolecular Hbond substituents is 1. The van der Waals surface area contributed by atoms with Crippen molar-refractivity contribution in [3.63, 3.8) is 0 Å². The van der Waals surface area contributed by atoms with Crippen LogP contribution in [-0.4, -0.2) is 25.0 Å². The van der Waals surface area contributed by atoms with E-state index in [2.05, 4.69) is 30.6 Å². The average Bonchev–Trinajstić information content (AvgIpc) is 2.62. The number of nitrogens with one attached hydrogen (secondary N) is 2. The predicted octanol–water partition coefficient (Wildman–Crippen LogP) is 4.15. The molecule has 7 nitrogen and oxygen atoms in total. The quantitative estimate of drug-likeness (QED) is 0.428. The molecule has 10 heteroatoms. The summed E-state index contributed by atoms with van der Waals surface area (Å²) in [5.41, 5.74) is 1.45. The molecule has 0 amide bonds. The first kappa shape index (κ1) is 18.4. The van der Waals surface area contributed by atoms with Crippen LogP contribution in [0.4, 0.5) is 17.6 Å². The van der Waals surface area contributed by atoms with Crippen molar-refractivity contribution >= 4 is 52.4 Å². The number of rotatable bonds is 5. The number of aromatic nitrogens is 4. The first-order valence-electron chi connectivity index (χ1n) is 7.43. The highest BCUT2D eigenvalue weighted by atomic mass is 35.6. The number of aromatic hydroxyl groups is 1. The number of benzene rings is 1. The van der Waals surface area contributed by atoms with Crippen molar-refractivity contribution < 1.29 is 5.11 Å². The van der Waals surface area contributed by atoms with E-state index in [9.17, 15) is 5.11 Å². The zero-order valence-electron chi connectivity index (χ0n) is 13.2. The number of hydrogen-bond acceptors (Lipinski definition) is 7. The molecule has 0 saturated carbocycles. The number of halogens is 3. The highest BCUT2D eigenvalue weighted by Crippen LogP contribution is 2.36. The molecule has 3 rings (SSSR count). The Morgan fingerprint density at radius 3 is 2.31 bits per heavy atom. The summed E-state index contributed by atoms with van der Waals surface area (Å²) in [6.45, 7) is 0.392. The molecule has 2 heterocycles. The minimum absolute atomic E-state index is 0.0256. The van der Waals surface area contributed by atoms with Gasteiger partial charge in [0.05, 0.1) is 12.2 Å². The lowest BCUT2D eigenvalue weighted by atomic mass is 10.3. The van der Waals surface area contributed by atoms with E-state index >= 15 is 0 Å². The molecule has 0 aliphatic rings. The van der Waals surface area contributed by atoms with Crippen LogP contribution in [0.1, 0.15) is 11.5 Å². The van der Waals surface area contributed by atoms with Gasteiger partial charge in [-0.05, 0) is 36.4 Å². The van der Waals surface area contributed by atoms with Crippen molar-refractivity contribution in [2.45, 2.75) is 10.3 Å². The first-order valence-corrected chi connectivity index (χ1v) is 8.57. The minimum Gasteiger partial charge on any atom is -0.508 e. The lowest BCUT2D eigenvalue weighted by Crippen LogP contribution is -2.14. The molecule has 0 fully saturated rings. The summed E-state index contributed by atoms with van der Waals surface area (Å²) in [4.78, 5) is 16.7. The van der Waals surface area contributed by atoms with Crippen LogP contribution in [0.2, 0.25) is 0 Å². The third kappa shape index (κ3) is 5.08. The van der Waals surface area contributed by atoms with Gasteiger partial charge in [0.1, 0.15) is 5.75 Å². The summed E-state index contributed by atoms with van der Waals surface area (Å²) >= 11 is 17.8. The molecule has 0 aliphatic heterocycles. The van der Waals surface area contributed by atoms with Gasteiger partial charge in [-0.1, -0.05) is 40.9 Å². The molecule has 3 N–H and O–H groups in total. The van der Waals surface area contributed by atoms with Gasteiger partial charge in [-0.3, -0.25) is 4.98 Å². The standard InChI is InChI=1S/C16H13Cl3N6O/c17-16(18,19)13-23-14(21-9-11-3-1-2-8-20-11)25-15(24-13)22-10-4-6-12(26)7-5-10/h1-8,26H,9H2,(H2,21,22,23,24,25). The van der Waals surface area contributed by atoms with Crippen LogP contribution in [0.15, 0.2) is 48.7 Å². The Balaban J connectivity index is 1.84. The van der Waals surface area contributed by atoms with Gasteiger partial charge in [-0.2, -0.15) is 15.0 Å². The molecule has 1 aromatic carbocycles. The summed E-state index contributed by atoms with van der Waals surface area (Å²) in [6.07, 6.45) is 1.69. The number of anilines is 3. The van der Waals surface area contributed by atoms with Crippen LogP contribution < -0.4 is 10.6 Å². The largest absolute Gasteiger partial charge is 0.508 e. The minimum atomic E-state index is -1.81. The molecular formula is C16H13Cl3N6O. The molecule has 2 aromatic heterocycles. The Morgan fingerprint density at radius 2 is 1.65 bits per heavy atom. The smallest absolute Gasteiger partial charge is 0.250 e. The van der Waals surface area contributed by atoms with Gasteiger partial charge in [-0.15, -0.1) is 0 Å². The summed E-state index contributed by atoms with van der Waals surface area (Å²) in [6, 6.07) is 11.9. The number of nitrogens with zero attached hydrogens (tertiary/aromatic N) is 4. The van der Waals surface area contributed by atoms with Crippen molar-refractivity contribution in [2.24, 2.45) is 0 Å². The molecule has 0 aliphatic carbocycles. The number of hydrogen-bond donors (Lipinski definition) is 3. The van der Waals surface area contributed by atoms with E-state index in [1.54, 1.807) is 18.3 Å². The van der Waals surface area contributed by atoms with Crippen LogP contribution in [0.25, 0.3) is 0 Å². The van der Waals surface area contributed by atoms with Gasteiger partial charge in [0.15, 0.2) is 5.82 Å². The number of phenols is 1. The molecule has 0 saturated heterocycles. The maximum Gasteiger partial charge on any atom is 0.250 e. The maximum absolute atomic E-state index is 9.36. The lowest BCUT2D eigenvalue weighted by molar-refractivity contribution is 0.475. The lowest BCUT2D eigenvalue weighted by Gasteiger charge is -2.14. The first-order chi connectivity index (χ1) is 12.4. The van der Waals surface area contributed by atoms with Crippen molar-refractivity contribution in [3.05, 3.63) is 60.2 Å². The zero-order valence-corrected chi connectivity index (χ0v) is 15.5.